The smallest absolute Gasteiger partial charge is 0.226 e. The van der Waals surface area contributed by atoms with Crippen molar-refractivity contribution in [3.8, 4) is 0 Å². The molecular formula is C14H27NO3. The van der Waals surface area contributed by atoms with Gasteiger partial charge in [0.15, 0.2) is 6.29 Å². The van der Waals surface area contributed by atoms with Crippen LogP contribution in [0, 0.1) is 5.41 Å². The van der Waals surface area contributed by atoms with Gasteiger partial charge in [0.1, 0.15) is 0 Å². The normalized spacial score (nSPS) is 18.9. The van der Waals surface area contributed by atoms with Gasteiger partial charge in [0, 0.05) is 18.6 Å². The van der Waals surface area contributed by atoms with Crippen LogP contribution in [0.3, 0.4) is 0 Å². The molecular weight excluding hydrogens is 230 g/mol. The van der Waals surface area contributed by atoms with E-state index in [1.165, 1.54) is 6.42 Å². The van der Waals surface area contributed by atoms with Gasteiger partial charge in [0.05, 0.1) is 6.54 Å². The molecule has 0 radical (unpaired) electrons. The predicted molar refractivity (Wildman–Crippen MR) is 71.2 cm³/mol. The van der Waals surface area contributed by atoms with Crippen molar-refractivity contribution >= 4 is 5.91 Å². The molecule has 1 N–H and O–H groups in total. The van der Waals surface area contributed by atoms with Crippen molar-refractivity contribution in [3.05, 3.63) is 0 Å². The number of rotatable bonds is 7. The molecule has 0 heterocycles. The summed E-state index contributed by atoms with van der Waals surface area (Å²) in [6.45, 7) is 7.55. The van der Waals surface area contributed by atoms with E-state index in [1.807, 2.05) is 13.8 Å². The van der Waals surface area contributed by atoms with Gasteiger partial charge in [-0.3, -0.25) is 4.79 Å². The van der Waals surface area contributed by atoms with E-state index < -0.39 is 0 Å². The monoisotopic (exact) mass is 257 g/mol. The summed E-state index contributed by atoms with van der Waals surface area (Å²) in [7, 11) is 0. The van der Waals surface area contributed by atoms with Crippen LogP contribution in [0.25, 0.3) is 0 Å². The minimum Gasteiger partial charge on any atom is -0.351 e. The summed E-state index contributed by atoms with van der Waals surface area (Å²) < 4.78 is 10.8. The fraction of sp³-hybridized carbons (Fsp3) is 0.929. The standard InChI is InChI=1S/C14H27NO3/c1-4-17-12(18-5-2)11-15-13(16)14(3)9-7-6-8-10-14/h12H,4-11H2,1-3H3,(H,15,16). The fourth-order valence-electron chi connectivity index (χ4n) is 2.49. The lowest BCUT2D eigenvalue weighted by molar-refractivity contribution is -0.145. The molecule has 1 aliphatic rings. The van der Waals surface area contributed by atoms with Crippen LogP contribution in [0.4, 0.5) is 0 Å². The second-order valence-corrected chi connectivity index (χ2v) is 5.17. The van der Waals surface area contributed by atoms with Crippen molar-refractivity contribution in [1.82, 2.24) is 5.32 Å². The zero-order valence-corrected chi connectivity index (χ0v) is 12.0. The van der Waals surface area contributed by atoms with Gasteiger partial charge in [-0.15, -0.1) is 0 Å². The Morgan fingerprint density at radius 2 is 1.72 bits per heavy atom. The largest absolute Gasteiger partial charge is 0.351 e. The van der Waals surface area contributed by atoms with E-state index in [1.54, 1.807) is 0 Å². The second-order valence-electron chi connectivity index (χ2n) is 5.17. The molecule has 1 aliphatic carbocycles. The van der Waals surface area contributed by atoms with Crippen LogP contribution in [0.2, 0.25) is 0 Å². The van der Waals surface area contributed by atoms with Gasteiger partial charge in [0.2, 0.25) is 5.91 Å². The summed E-state index contributed by atoms with van der Waals surface area (Å²) in [5.41, 5.74) is -0.193. The van der Waals surface area contributed by atoms with E-state index in [4.69, 9.17) is 9.47 Å². The molecule has 0 saturated heterocycles. The number of ether oxygens (including phenoxy) is 2. The van der Waals surface area contributed by atoms with Crippen molar-refractivity contribution in [3.63, 3.8) is 0 Å². The number of hydrogen-bond acceptors (Lipinski definition) is 3. The van der Waals surface area contributed by atoms with Crippen LogP contribution in [-0.4, -0.2) is 32.0 Å². The van der Waals surface area contributed by atoms with E-state index in [0.29, 0.717) is 19.8 Å². The zero-order chi connectivity index (χ0) is 13.4. The lowest BCUT2D eigenvalue weighted by atomic mass is 9.75. The van der Waals surface area contributed by atoms with E-state index in [-0.39, 0.29) is 17.6 Å². The Kier molecular flexibility index (Phi) is 6.65. The molecule has 1 amide bonds. The first-order valence-electron chi connectivity index (χ1n) is 7.14. The van der Waals surface area contributed by atoms with Crippen molar-refractivity contribution in [2.75, 3.05) is 19.8 Å². The Bertz CT molecular complexity index is 243. The highest BCUT2D eigenvalue weighted by molar-refractivity contribution is 5.82. The molecule has 18 heavy (non-hydrogen) atoms. The minimum atomic E-state index is -0.323. The van der Waals surface area contributed by atoms with E-state index in [0.717, 1.165) is 25.7 Å². The van der Waals surface area contributed by atoms with Crippen molar-refractivity contribution in [1.29, 1.82) is 0 Å². The number of amides is 1. The summed E-state index contributed by atoms with van der Waals surface area (Å²) in [6, 6.07) is 0. The first-order valence-corrected chi connectivity index (χ1v) is 7.14. The molecule has 0 aliphatic heterocycles. The molecule has 0 aromatic heterocycles. The minimum absolute atomic E-state index is 0.145. The Morgan fingerprint density at radius 3 is 2.22 bits per heavy atom. The van der Waals surface area contributed by atoms with Gasteiger partial charge >= 0.3 is 0 Å². The first kappa shape index (κ1) is 15.4. The number of hydrogen-bond donors (Lipinski definition) is 1. The molecule has 4 nitrogen and oxygen atoms in total. The third-order valence-electron chi connectivity index (χ3n) is 3.64. The number of carbonyl (C=O) groups excluding carboxylic acids is 1. The molecule has 1 saturated carbocycles. The average Bonchev–Trinajstić information content (AvgIpc) is 2.37. The number of nitrogens with one attached hydrogen (secondary N) is 1. The maximum Gasteiger partial charge on any atom is 0.226 e. The lowest BCUT2D eigenvalue weighted by Gasteiger charge is -2.32. The average molecular weight is 257 g/mol. The molecule has 1 rings (SSSR count). The summed E-state index contributed by atoms with van der Waals surface area (Å²) in [4.78, 5) is 12.2. The van der Waals surface area contributed by atoms with Gasteiger partial charge < -0.3 is 14.8 Å². The molecule has 0 atom stereocenters. The van der Waals surface area contributed by atoms with Crippen LogP contribution in [0.1, 0.15) is 52.9 Å². The molecule has 0 unspecified atom stereocenters. The highest BCUT2D eigenvalue weighted by Gasteiger charge is 2.34. The molecule has 106 valence electrons. The maximum absolute atomic E-state index is 12.2. The van der Waals surface area contributed by atoms with Gasteiger partial charge in [-0.2, -0.15) is 0 Å². The topological polar surface area (TPSA) is 47.6 Å². The highest BCUT2D eigenvalue weighted by atomic mass is 16.7. The lowest BCUT2D eigenvalue weighted by Crippen LogP contribution is -2.44. The van der Waals surface area contributed by atoms with Crippen LogP contribution in [0.5, 0.6) is 0 Å². The van der Waals surface area contributed by atoms with E-state index in [2.05, 4.69) is 12.2 Å². The molecule has 4 heteroatoms. The Balaban J connectivity index is 2.38. The Labute approximate surface area is 110 Å². The highest BCUT2D eigenvalue weighted by Crippen LogP contribution is 2.35. The fourth-order valence-corrected chi connectivity index (χ4v) is 2.49. The van der Waals surface area contributed by atoms with Gasteiger partial charge in [0.25, 0.3) is 0 Å². The second kappa shape index (κ2) is 7.74. The van der Waals surface area contributed by atoms with Crippen LogP contribution < -0.4 is 5.32 Å². The van der Waals surface area contributed by atoms with E-state index >= 15 is 0 Å². The van der Waals surface area contributed by atoms with Crippen molar-refractivity contribution in [2.45, 2.75) is 59.2 Å². The van der Waals surface area contributed by atoms with Crippen LogP contribution in [-0.2, 0) is 14.3 Å². The van der Waals surface area contributed by atoms with Crippen LogP contribution in [0.15, 0.2) is 0 Å². The van der Waals surface area contributed by atoms with Gasteiger partial charge in [-0.25, -0.2) is 0 Å². The molecule has 1 fully saturated rings. The Hall–Kier alpha value is -0.610. The molecule has 0 aromatic carbocycles. The summed E-state index contributed by atoms with van der Waals surface area (Å²) in [5.74, 6) is 0.145. The quantitative estimate of drug-likeness (QED) is 0.713. The third-order valence-corrected chi connectivity index (χ3v) is 3.64. The van der Waals surface area contributed by atoms with Gasteiger partial charge in [-0.1, -0.05) is 26.2 Å². The molecule has 0 aromatic rings. The molecule has 0 spiro atoms. The first-order chi connectivity index (χ1) is 8.62. The third kappa shape index (κ3) is 4.58. The predicted octanol–water partition coefficient (Wildman–Crippen LogP) is 2.47. The SMILES string of the molecule is CCOC(CNC(=O)C1(C)CCCCC1)OCC. The van der Waals surface area contributed by atoms with Gasteiger partial charge in [-0.05, 0) is 26.7 Å². The molecule has 0 bridgehead atoms. The maximum atomic E-state index is 12.2. The van der Waals surface area contributed by atoms with E-state index in [9.17, 15) is 4.79 Å². The van der Waals surface area contributed by atoms with Crippen LogP contribution >= 0.6 is 0 Å². The summed E-state index contributed by atoms with van der Waals surface area (Å²) in [5, 5.41) is 2.97. The Morgan fingerprint density at radius 1 is 1.17 bits per heavy atom. The van der Waals surface area contributed by atoms with Crippen molar-refractivity contribution in [2.24, 2.45) is 5.41 Å². The van der Waals surface area contributed by atoms with Crippen molar-refractivity contribution < 1.29 is 14.3 Å². The number of carbonyl (C=O) groups is 1. The summed E-state index contributed by atoms with van der Waals surface area (Å²) >= 11 is 0. The summed E-state index contributed by atoms with van der Waals surface area (Å²) in [6.07, 6.45) is 5.23. The zero-order valence-electron chi connectivity index (χ0n) is 12.0.